The number of hydrogen-bond acceptors (Lipinski definition) is 5. The Labute approximate surface area is 168 Å². The molecule has 1 fully saturated rings. The van der Waals surface area contributed by atoms with Gasteiger partial charge in [-0.15, -0.1) is 0 Å². The van der Waals surface area contributed by atoms with Crippen LogP contribution in [0.3, 0.4) is 0 Å². The fourth-order valence-electron chi connectivity index (χ4n) is 2.91. The highest BCUT2D eigenvalue weighted by Crippen LogP contribution is 2.12. The van der Waals surface area contributed by atoms with Gasteiger partial charge in [-0.3, -0.25) is 9.89 Å². The van der Waals surface area contributed by atoms with Gasteiger partial charge in [-0.05, 0) is 24.5 Å². The summed E-state index contributed by atoms with van der Waals surface area (Å²) >= 11 is 0. The van der Waals surface area contributed by atoms with Gasteiger partial charge in [-0.25, -0.2) is 13.1 Å². The summed E-state index contributed by atoms with van der Waals surface area (Å²) in [6.45, 7) is 7.82. The second-order valence-corrected chi connectivity index (χ2v) is 8.76. The molecule has 0 amide bonds. The van der Waals surface area contributed by atoms with Gasteiger partial charge in [-0.2, -0.15) is 0 Å². The van der Waals surface area contributed by atoms with Gasteiger partial charge in [0.2, 0.25) is 10.0 Å². The molecule has 0 aromatic heterocycles. The predicted molar refractivity (Wildman–Crippen MR) is 113 cm³/mol. The highest BCUT2D eigenvalue weighted by atomic mass is 32.2. The molecule has 1 aliphatic rings. The molecule has 1 saturated heterocycles. The molecule has 3 N–H and O–H groups in total. The van der Waals surface area contributed by atoms with Crippen molar-refractivity contribution in [3.63, 3.8) is 0 Å². The number of rotatable bonds is 10. The fraction of sp³-hybridized carbons (Fsp3) is 0.632. The molecule has 1 aromatic carbocycles. The molecule has 0 radical (unpaired) electrons. The van der Waals surface area contributed by atoms with Crippen molar-refractivity contribution in [2.45, 2.75) is 26.4 Å². The third-order valence-electron chi connectivity index (χ3n) is 4.63. The summed E-state index contributed by atoms with van der Waals surface area (Å²) in [5, 5.41) is 6.56. The monoisotopic (exact) mass is 411 g/mol. The molecule has 0 bridgehead atoms. The lowest BCUT2D eigenvalue weighted by atomic mass is 10.1. The average Bonchev–Trinajstić information content (AvgIpc) is 2.72. The Morgan fingerprint density at radius 2 is 1.86 bits per heavy atom. The maximum Gasteiger partial charge on any atom is 0.211 e. The van der Waals surface area contributed by atoms with Crippen molar-refractivity contribution in [1.29, 1.82) is 0 Å². The molecule has 1 heterocycles. The molecule has 0 aliphatic carbocycles. The van der Waals surface area contributed by atoms with Crippen LogP contribution < -0.4 is 15.4 Å². The maximum atomic E-state index is 11.4. The standard InChI is InChI=1S/C19H33N5O3S/c1-3-28(25,26)23-10-6-9-21-19(20-2)22-15-17-7-4-5-8-18(17)16-24-11-13-27-14-12-24/h4-5,7-8,23H,3,6,9-16H2,1-2H3,(H2,20,21,22). The molecule has 0 spiro atoms. The molecule has 0 saturated carbocycles. The van der Waals surface area contributed by atoms with Crippen molar-refractivity contribution in [1.82, 2.24) is 20.3 Å². The zero-order chi connectivity index (χ0) is 20.2. The Morgan fingerprint density at radius 1 is 1.14 bits per heavy atom. The van der Waals surface area contributed by atoms with E-state index in [1.54, 1.807) is 14.0 Å². The SMILES string of the molecule is CCS(=O)(=O)NCCCNC(=NC)NCc1ccccc1CN1CCOCC1. The summed E-state index contributed by atoms with van der Waals surface area (Å²) in [4.78, 5) is 6.65. The van der Waals surface area contributed by atoms with Gasteiger partial charge in [0.15, 0.2) is 5.96 Å². The lowest BCUT2D eigenvalue weighted by Crippen LogP contribution is -2.39. The number of guanidine groups is 1. The van der Waals surface area contributed by atoms with Crippen molar-refractivity contribution in [3.05, 3.63) is 35.4 Å². The van der Waals surface area contributed by atoms with E-state index in [1.807, 2.05) is 0 Å². The minimum Gasteiger partial charge on any atom is -0.379 e. The van der Waals surface area contributed by atoms with E-state index < -0.39 is 10.0 Å². The molecule has 0 atom stereocenters. The Morgan fingerprint density at radius 3 is 2.54 bits per heavy atom. The highest BCUT2D eigenvalue weighted by Gasteiger charge is 2.12. The van der Waals surface area contributed by atoms with E-state index >= 15 is 0 Å². The number of benzene rings is 1. The third-order valence-corrected chi connectivity index (χ3v) is 6.04. The van der Waals surface area contributed by atoms with Crippen molar-refractivity contribution < 1.29 is 13.2 Å². The Kier molecular flexibility index (Phi) is 9.69. The fourth-order valence-corrected chi connectivity index (χ4v) is 3.57. The number of nitrogens with one attached hydrogen (secondary N) is 3. The molecule has 158 valence electrons. The summed E-state index contributed by atoms with van der Waals surface area (Å²) in [5.74, 6) is 0.813. The summed E-state index contributed by atoms with van der Waals surface area (Å²) < 4.78 is 30.8. The largest absolute Gasteiger partial charge is 0.379 e. The lowest BCUT2D eigenvalue weighted by molar-refractivity contribution is 0.0341. The molecule has 8 nitrogen and oxygen atoms in total. The topological polar surface area (TPSA) is 95.1 Å². The van der Waals surface area contributed by atoms with E-state index in [9.17, 15) is 8.42 Å². The Bertz CT molecular complexity index is 718. The molecular weight excluding hydrogens is 378 g/mol. The van der Waals surface area contributed by atoms with E-state index in [4.69, 9.17) is 4.74 Å². The zero-order valence-corrected chi connectivity index (χ0v) is 17.7. The third kappa shape index (κ3) is 8.14. The Balaban J connectivity index is 1.76. The molecule has 1 aromatic rings. The van der Waals surface area contributed by atoms with Crippen LogP contribution in [0.25, 0.3) is 0 Å². The summed E-state index contributed by atoms with van der Waals surface area (Å²) in [7, 11) is -1.39. The number of ether oxygens (including phenoxy) is 1. The van der Waals surface area contributed by atoms with Crippen molar-refractivity contribution in [2.75, 3.05) is 52.2 Å². The number of aliphatic imine (C=N–C) groups is 1. The van der Waals surface area contributed by atoms with Gasteiger partial charge in [0.1, 0.15) is 0 Å². The van der Waals surface area contributed by atoms with Crippen LogP contribution in [0.15, 0.2) is 29.3 Å². The van der Waals surface area contributed by atoms with Crippen molar-refractivity contribution in [3.8, 4) is 0 Å². The second-order valence-electron chi connectivity index (χ2n) is 6.66. The minimum absolute atomic E-state index is 0.105. The second kappa shape index (κ2) is 12.0. The van der Waals surface area contributed by atoms with Crippen LogP contribution in [0.2, 0.25) is 0 Å². The first kappa shape index (κ1) is 22.6. The first-order valence-corrected chi connectivity index (χ1v) is 11.5. The number of hydrogen-bond donors (Lipinski definition) is 3. The van der Waals surface area contributed by atoms with Gasteiger partial charge in [0, 0.05) is 46.3 Å². The molecule has 28 heavy (non-hydrogen) atoms. The van der Waals surface area contributed by atoms with Crippen LogP contribution in [0.4, 0.5) is 0 Å². The summed E-state index contributed by atoms with van der Waals surface area (Å²) in [6.07, 6.45) is 0.688. The molecular formula is C19H33N5O3S. The number of sulfonamides is 1. The van der Waals surface area contributed by atoms with Gasteiger partial charge < -0.3 is 15.4 Å². The highest BCUT2D eigenvalue weighted by molar-refractivity contribution is 7.89. The lowest BCUT2D eigenvalue weighted by Gasteiger charge is -2.27. The van der Waals surface area contributed by atoms with Gasteiger partial charge in [0.25, 0.3) is 0 Å². The molecule has 0 unspecified atom stereocenters. The van der Waals surface area contributed by atoms with Crippen LogP contribution in [0.1, 0.15) is 24.5 Å². The normalized spacial score (nSPS) is 16.1. The summed E-state index contributed by atoms with van der Waals surface area (Å²) in [5.41, 5.74) is 2.55. The zero-order valence-electron chi connectivity index (χ0n) is 16.9. The minimum atomic E-state index is -3.12. The number of morpholine rings is 1. The predicted octanol–water partition coefficient (Wildman–Crippen LogP) is 0.513. The van der Waals surface area contributed by atoms with Crippen LogP contribution in [0, 0.1) is 0 Å². The van der Waals surface area contributed by atoms with Crippen LogP contribution in [0.5, 0.6) is 0 Å². The first-order valence-electron chi connectivity index (χ1n) is 9.83. The van der Waals surface area contributed by atoms with Crippen molar-refractivity contribution in [2.24, 2.45) is 4.99 Å². The van der Waals surface area contributed by atoms with Gasteiger partial charge in [0.05, 0.1) is 19.0 Å². The average molecular weight is 412 g/mol. The molecule has 2 rings (SSSR count). The number of nitrogens with zero attached hydrogens (tertiary/aromatic N) is 2. The summed E-state index contributed by atoms with van der Waals surface area (Å²) in [6, 6.07) is 8.43. The van der Waals surface area contributed by atoms with E-state index in [0.717, 1.165) is 32.8 Å². The Hall–Kier alpha value is -1.68. The maximum absolute atomic E-state index is 11.4. The first-order chi connectivity index (χ1) is 13.5. The van der Waals surface area contributed by atoms with Crippen LogP contribution >= 0.6 is 0 Å². The smallest absolute Gasteiger partial charge is 0.211 e. The quantitative estimate of drug-likeness (QED) is 0.295. The van der Waals surface area contributed by atoms with E-state index in [-0.39, 0.29) is 5.75 Å². The molecule has 9 heteroatoms. The van der Waals surface area contributed by atoms with E-state index in [2.05, 4.69) is 49.5 Å². The van der Waals surface area contributed by atoms with Crippen molar-refractivity contribution >= 4 is 16.0 Å². The van der Waals surface area contributed by atoms with Crippen LogP contribution in [-0.2, 0) is 27.8 Å². The van der Waals surface area contributed by atoms with Gasteiger partial charge in [-0.1, -0.05) is 24.3 Å². The van der Waals surface area contributed by atoms with E-state index in [0.29, 0.717) is 32.0 Å². The molecule has 1 aliphatic heterocycles. The van der Waals surface area contributed by atoms with Crippen LogP contribution in [-0.4, -0.2) is 71.5 Å². The van der Waals surface area contributed by atoms with Gasteiger partial charge >= 0.3 is 0 Å². The van der Waals surface area contributed by atoms with E-state index in [1.165, 1.54) is 11.1 Å².